The normalized spacial score (nSPS) is 25.4. The van der Waals surface area contributed by atoms with E-state index in [0.29, 0.717) is 19.0 Å². The topological polar surface area (TPSA) is 49.4 Å². The molecule has 4 nitrogen and oxygen atoms in total. The molecule has 1 saturated carbocycles. The van der Waals surface area contributed by atoms with Crippen molar-refractivity contribution in [2.24, 2.45) is 0 Å². The Labute approximate surface area is 122 Å². The van der Waals surface area contributed by atoms with Crippen LogP contribution in [0.2, 0.25) is 0 Å². The third-order valence-corrected chi connectivity index (χ3v) is 4.59. The Morgan fingerprint density at radius 1 is 1.05 bits per heavy atom. The van der Waals surface area contributed by atoms with Crippen LogP contribution in [0.5, 0.6) is 0 Å². The third kappa shape index (κ3) is 4.89. The zero-order valence-corrected chi connectivity index (χ0v) is 12.7. The molecule has 0 aromatic rings. The molecule has 1 saturated heterocycles. The fourth-order valence-electron chi connectivity index (χ4n) is 3.55. The van der Waals surface area contributed by atoms with Crippen LogP contribution >= 0.6 is 0 Å². The van der Waals surface area contributed by atoms with Crippen LogP contribution in [0.15, 0.2) is 0 Å². The standard InChI is InChI=1S/C16H28N2O2/c1-13(19)11-15-9-6-10-18(15)12-16(20)17-14-7-4-2-3-5-8-14/h14-15H,2-12H2,1H3,(H,17,20). The molecular weight excluding hydrogens is 252 g/mol. The molecule has 1 atom stereocenters. The van der Waals surface area contributed by atoms with E-state index in [4.69, 9.17) is 0 Å². The average Bonchev–Trinajstić information content (AvgIpc) is 2.64. The first-order valence-electron chi connectivity index (χ1n) is 8.18. The Bertz CT molecular complexity index is 335. The molecule has 0 radical (unpaired) electrons. The molecule has 0 spiro atoms. The number of Topliss-reactive ketones (excluding diaryl/α,β-unsaturated/α-hetero) is 1. The lowest BCUT2D eigenvalue weighted by molar-refractivity contribution is -0.124. The highest BCUT2D eigenvalue weighted by molar-refractivity contribution is 5.79. The van der Waals surface area contributed by atoms with Gasteiger partial charge in [0.25, 0.3) is 0 Å². The smallest absolute Gasteiger partial charge is 0.234 e. The summed E-state index contributed by atoms with van der Waals surface area (Å²) in [7, 11) is 0. The molecule has 4 heteroatoms. The van der Waals surface area contributed by atoms with Crippen LogP contribution in [0, 0.1) is 0 Å². The van der Waals surface area contributed by atoms with Gasteiger partial charge in [0.15, 0.2) is 0 Å². The van der Waals surface area contributed by atoms with Crippen LogP contribution in [-0.2, 0) is 9.59 Å². The monoisotopic (exact) mass is 280 g/mol. The van der Waals surface area contributed by atoms with Gasteiger partial charge in [0, 0.05) is 18.5 Å². The van der Waals surface area contributed by atoms with Crippen molar-refractivity contribution in [3.63, 3.8) is 0 Å². The Morgan fingerprint density at radius 3 is 2.40 bits per heavy atom. The molecule has 2 rings (SSSR count). The van der Waals surface area contributed by atoms with Gasteiger partial charge < -0.3 is 5.32 Å². The Morgan fingerprint density at radius 2 is 1.75 bits per heavy atom. The minimum Gasteiger partial charge on any atom is -0.352 e. The lowest BCUT2D eigenvalue weighted by atomic mass is 10.1. The van der Waals surface area contributed by atoms with Crippen molar-refractivity contribution in [1.29, 1.82) is 0 Å². The van der Waals surface area contributed by atoms with Crippen LogP contribution < -0.4 is 5.32 Å². The van der Waals surface area contributed by atoms with E-state index in [1.807, 2.05) is 0 Å². The lowest BCUT2D eigenvalue weighted by Crippen LogP contribution is -2.43. The molecule has 2 fully saturated rings. The Balaban J connectivity index is 1.76. The maximum Gasteiger partial charge on any atom is 0.234 e. The van der Waals surface area contributed by atoms with Crippen LogP contribution in [0.4, 0.5) is 0 Å². The summed E-state index contributed by atoms with van der Waals surface area (Å²) in [5.41, 5.74) is 0. The van der Waals surface area contributed by atoms with E-state index < -0.39 is 0 Å². The number of nitrogens with zero attached hydrogens (tertiary/aromatic N) is 1. The van der Waals surface area contributed by atoms with Crippen LogP contribution in [0.25, 0.3) is 0 Å². The van der Waals surface area contributed by atoms with Gasteiger partial charge in [-0.1, -0.05) is 25.7 Å². The molecule has 0 aromatic heterocycles. The zero-order valence-electron chi connectivity index (χ0n) is 12.7. The van der Waals surface area contributed by atoms with Gasteiger partial charge in [-0.05, 0) is 39.2 Å². The molecule has 20 heavy (non-hydrogen) atoms. The summed E-state index contributed by atoms with van der Waals surface area (Å²) in [4.78, 5) is 25.6. The summed E-state index contributed by atoms with van der Waals surface area (Å²) in [6, 6.07) is 0.659. The number of carbonyl (C=O) groups excluding carboxylic acids is 2. The van der Waals surface area contributed by atoms with Crippen molar-refractivity contribution in [3.05, 3.63) is 0 Å². The van der Waals surface area contributed by atoms with E-state index in [0.717, 1.165) is 32.2 Å². The summed E-state index contributed by atoms with van der Waals surface area (Å²) >= 11 is 0. The van der Waals surface area contributed by atoms with Gasteiger partial charge in [0.05, 0.1) is 6.54 Å². The maximum absolute atomic E-state index is 12.2. The van der Waals surface area contributed by atoms with Crippen molar-refractivity contribution in [1.82, 2.24) is 10.2 Å². The molecular formula is C16H28N2O2. The van der Waals surface area contributed by atoms with E-state index in [1.54, 1.807) is 6.92 Å². The van der Waals surface area contributed by atoms with Crippen molar-refractivity contribution < 1.29 is 9.59 Å². The molecule has 1 N–H and O–H groups in total. The number of likely N-dealkylation sites (tertiary alicyclic amines) is 1. The summed E-state index contributed by atoms with van der Waals surface area (Å²) in [6.45, 7) is 3.06. The number of hydrogen-bond donors (Lipinski definition) is 1. The van der Waals surface area contributed by atoms with Crippen molar-refractivity contribution >= 4 is 11.7 Å². The summed E-state index contributed by atoms with van der Waals surface area (Å²) in [5, 5.41) is 3.19. The summed E-state index contributed by atoms with van der Waals surface area (Å²) in [5.74, 6) is 0.374. The van der Waals surface area contributed by atoms with Gasteiger partial charge in [-0.3, -0.25) is 14.5 Å². The quantitative estimate of drug-likeness (QED) is 0.786. The van der Waals surface area contributed by atoms with E-state index >= 15 is 0 Å². The van der Waals surface area contributed by atoms with Crippen LogP contribution in [-0.4, -0.2) is 41.8 Å². The highest BCUT2D eigenvalue weighted by Gasteiger charge is 2.27. The molecule has 1 unspecified atom stereocenters. The minimum atomic E-state index is 0.146. The van der Waals surface area contributed by atoms with Crippen molar-refractivity contribution in [2.45, 2.75) is 76.8 Å². The SMILES string of the molecule is CC(=O)CC1CCCN1CC(=O)NC1CCCCCC1. The minimum absolute atomic E-state index is 0.146. The number of rotatable bonds is 5. The summed E-state index contributed by atoms with van der Waals surface area (Å²) in [6.07, 6.45) is 10.1. The second-order valence-corrected chi connectivity index (χ2v) is 6.43. The Hall–Kier alpha value is -0.900. The van der Waals surface area contributed by atoms with Crippen LogP contribution in [0.1, 0.15) is 64.7 Å². The number of nitrogens with one attached hydrogen (secondary N) is 1. The number of amides is 1. The predicted octanol–water partition coefficient (Wildman–Crippen LogP) is 2.27. The fraction of sp³-hybridized carbons (Fsp3) is 0.875. The Kier molecular flexibility index (Phi) is 6.02. The molecule has 0 bridgehead atoms. The number of carbonyl (C=O) groups is 2. The first kappa shape index (κ1) is 15.5. The second-order valence-electron chi connectivity index (χ2n) is 6.43. The summed E-state index contributed by atoms with van der Waals surface area (Å²) < 4.78 is 0. The van der Waals surface area contributed by atoms with Gasteiger partial charge in [-0.15, -0.1) is 0 Å². The van der Waals surface area contributed by atoms with Crippen molar-refractivity contribution in [3.8, 4) is 0 Å². The molecule has 1 aliphatic heterocycles. The van der Waals surface area contributed by atoms with E-state index in [9.17, 15) is 9.59 Å². The zero-order chi connectivity index (χ0) is 14.4. The molecule has 114 valence electrons. The van der Waals surface area contributed by atoms with Gasteiger partial charge in [0.1, 0.15) is 5.78 Å². The van der Waals surface area contributed by atoms with E-state index in [-0.39, 0.29) is 17.7 Å². The van der Waals surface area contributed by atoms with Crippen molar-refractivity contribution in [2.75, 3.05) is 13.1 Å². The fourth-order valence-corrected chi connectivity index (χ4v) is 3.55. The first-order valence-corrected chi connectivity index (χ1v) is 8.18. The second kappa shape index (κ2) is 7.77. The highest BCUT2D eigenvalue weighted by Crippen LogP contribution is 2.20. The molecule has 1 aliphatic carbocycles. The van der Waals surface area contributed by atoms with Gasteiger partial charge in [0.2, 0.25) is 5.91 Å². The van der Waals surface area contributed by atoms with Gasteiger partial charge >= 0.3 is 0 Å². The number of hydrogen-bond acceptors (Lipinski definition) is 3. The van der Waals surface area contributed by atoms with Crippen LogP contribution in [0.3, 0.4) is 0 Å². The highest BCUT2D eigenvalue weighted by atomic mass is 16.2. The third-order valence-electron chi connectivity index (χ3n) is 4.59. The number of ketones is 1. The predicted molar refractivity (Wildman–Crippen MR) is 79.5 cm³/mol. The molecule has 1 heterocycles. The maximum atomic E-state index is 12.2. The van der Waals surface area contributed by atoms with Gasteiger partial charge in [-0.2, -0.15) is 0 Å². The lowest BCUT2D eigenvalue weighted by Gasteiger charge is -2.24. The van der Waals surface area contributed by atoms with E-state index in [2.05, 4.69) is 10.2 Å². The molecule has 2 aliphatic rings. The molecule has 1 amide bonds. The largest absolute Gasteiger partial charge is 0.352 e. The first-order chi connectivity index (χ1) is 9.65. The van der Waals surface area contributed by atoms with Gasteiger partial charge in [-0.25, -0.2) is 0 Å². The molecule has 0 aromatic carbocycles. The van der Waals surface area contributed by atoms with E-state index in [1.165, 1.54) is 25.7 Å². The average molecular weight is 280 g/mol.